The third-order valence-electron chi connectivity index (χ3n) is 9.51. The Bertz CT molecular complexity index is 1650. The Kier molecular flexibility index (Phi) is 36.0. The van der Waals surface area contributed by atoms with E-state index in [1.54, 1.807) is 64.0 Å². The minimum Gasteiger partial charge on any atom is -0.445 e. The first-order valence-electron chi connectivity index (χ1n) is 23.3. The van der Waals surface area contributed by atoms with Crippen molar-refractivity contribution < 1.29 is 47.9 Å². The second-order valence-electron chi connectivity index (χ2n) is 16.9. The number of hydrogen-bond donors (Lipinski definition) is 7. The average molecular weight is 966 g/mol. The first-order chi connectivity index (χ1) is 31.6. The molecule has 1 fully saturated rings. The highest BCUT2D eigenvalue weighted by Crippen LogP contribution is 2.27. The predicted molar refractivity (Wildman–Crippen MR) is 265 cm³/mol. The Balaban J connectivity index is 0. The number of primary amides is 1. The highest BCUT2D eigenvalue weighted by molar-refractivity contribution is 8.00. The molecule has 3 unspecified atom stereocenters. The van der Waals surface area contributed by atoms with E-state index < -0.39 is 36.0 Å². The van der Waals surface area contributed by atoms with Crippen molar-refractivity contribution in [3.05, 3.63) is 29.8 Å². The minimum atomic E-state index is -0.830. The van der Waals surface area contributed by atoms with Crippen LogP contribution < -0.4 is 37.6 Å². The Labute approximate surface area is 403 Å². The summed E-state index contributed by atoms with van der Waals surface area (Å²) in [6.45, 7) is 18.8. The summed E-state index contributed by atoms with van der Waals surface area (Å²) < 4.78 is 5.29. The summed E-state index contributed by atoms with van der Waals surface area (Å²) >= 11 is 1.56. The number of nitrogens with zero attached hydrogens (tertiary/aromatic N) is 2. The topological polar surface area (TPSA) is 268 Å². The first-order valence-corrected chi connectivity index (χ1v) is 24.3. The number of thioether (sulfide) groups is 1. The Hall–Kier alpha value is -5.24. The van der Waals surface area contributed by atoms with E-state index in [2.05, 4.69) is 59.6 Å². The number of nitrogens with two attached hydrogens (primary N) is 1. The number of unbranched alkanes of at least 4 members (excludes halogenated alkanes) is 2. The van der Waals surface area contributed by atoms with Crippen LogP contribution in [0.25, 0.3) is 0 Å². The van der Waals surface area contributed by atoms with Crippen molar-refractivity contribution in [3.8, 4) is 0 Å². The summed E-state index contributed by atoms with van der Waals surface area (Å²) in [7, 11) is 4.85. The highest BCUT2D eigenvalue weighted by Gasteiger charge is 2.38. The molecule has 8 N–H and O–H groups in total. The first kappa shape index (κ1) is 63.8. The number of imide groups is 1. The van der Waals surface area contributed by atoms with E-state index in [1.165, 1.54) is 23.3 Å². The molecule has 1 aromatic rings. The molecule has 0 saturated carbocycles. The van der Waals surface area contributed by atoms with Gasteiger partial charge in [0.1, 0.15) is 18.9 Å². The number of carbonyl (C=O) groups excluding carboxylic acids is 9. The monoisotopic (exact) mass is 966 g/mol. The minimum absolute atomic E-state index is 0.0154. The number of hydrogen-bond acceptors (Lipinski definition) is 12. The standard InChI is InChI=1S/C36H55N5O8S.2C4H10N2O.C3H8/c1-23(2)16-18-50-29-19-32(45)41(35(29)47)17-10-8-9-11-30(43)39-33(25(5)6)34(46)37-20-31(44)38-27-14-12-26(13-15-27)22-49-36(48)40(7)28(21-42)24(3)4;1-5-3-4(7)6-2;1-2-3-6-4(5)7;1-3-2/h12-15,21,23-25,28-29,33H,8-11,16-20,22H2,1-7H3,(H,37,46)(H,38,44)(H,39,43);5H,3H2,1-2H3,(H,6,7);2-3H2,1H3,(H3,5,6,7);3H2,1-2H3. The van der Waals surface area contributed by atoms with Gasteiger partial charge < -0.3 is 52.1 Å². The third-order valence-corrected chi connectivity index (χ3v) is 10.8. The van der Waals surface area contributed by atoms with Crippen molar-refractivity contribution in [2.24, 2.45) is 23.5 Å². The van der Waals surface area contributed by atoms with Crippen molar-refractivity contribution >= 4 is 71.3 Å². The molecule has 2 rings (SSSR count). The van der Waals surface area contributed by atoms with E-state index >= 15 is 0 Å². The number of urea groups is 1. The summed E-state index contributed by atoms with van der Waals surface area (Å²) in [5.41, 5.74) is 5.88. The van der Waals surface area contributed by atoms with E-state index in [4.69, 9.17) is 10.5 Å². The lowest BCUT2D eigenvalue weighted by atomic mass is 10.0. The quantitative estimate of drug-likeness (QED) is 0.0404. The largest absolute Gasteiger partial charge is 0.445 e. The van der Waals surface area contributed by atoms with Gasteiger partial charge in [-0.15, -0.1) is 11.8 Å². The Morgan fingerprint density at radius 1 is 0.881 bits per heavy atom. The van der Waals surface area contributed by atoms with Crippen molar-refractivity contribution in [2.45, 2.75) is 138 Å². The van der Waals surface area contributed by atoms with Crippen LogP contribution in [0.1, 0.15) is 119 Å². The van der Waals surface area contributed by atoms with Crippen molar-refractivity contribution in [1.82, 2.24) is 36.4 Å². The molecule has 67 heavy (non-hydrogen) atoms. The lowest BCUT2D eigenvalue weighted by Gasteiger charge is -2.25. The van der Waals surface area contributed by atoms with Crippen LogP contribution in [0.3, 0.4) is 0 Å². The SMILES string of the molecule is CC(C)CCSC1CC(=O)N(CCCCCC(=O)NC(C(=O)NCC(=O)Nc2ccc(COC(=O)N(C)C(C=O)C(C)C)cc2)C(C)C)C1=O.CCC.CCCNC(N)=O.CNCC(=O)NC. The molecule has 0 aliphatic carbocycles. The van der Waals surface area contributed by atoms with Gasteiger partial charge >= 0.3 is 12.1 Å². The molecule has 1 aromatic carbocycles. The molecule has 0 spiro atoms. The van der Waals surface area contributed by atoms with Crippen molar-refractivity contribution in [3.63, 3.8) is 0 Å². The van der Waals surface area contributed by atoms with Crippen LogP contribution >= 0.6 is 11.8 Å². The summed E-state index contributed by atoms with van der Waals surface area (Å²) in [6, 6.07) is 4.78. The fourth-order valence-electron chi connectivity index (χ4n) is 5.70. The normalized spacial score (nSPS) is 13.7. The summed E-state index contributed by atoms with van der Waals surface area (Å²) in [6.07, 6.45) is 5.52. The van der Waals surface area contributed by atoms with Crippen LogP contribution in [-0.4, -0.2) is 134 Å². The number of likely N-dealkylation sites (tertiary alicyclic amines) is 1. The number of likely N-dealkylation sites (N-methyl/N-ethyl adjacent to an activating group) is 3. The number of anilines is 1. The van der Waals surface area contributed by atoms with Gasteiger partial charge in [0, 0.05) is 45.7 Å². The van der Waals surface area contributed by atoms with Crippen molar-refractivity contribution in [2.75, 3.05) is 58.4 Å². The second-order valence-corrected chi connectivity index (χ2v) is 18.2. The smallest absolute Gasteiger partial charge is 0.410 e. The van der Waals surface area contributed by atoms with Gasteiger partial charge in [0.25, 0.3) is 0 Å². The summed E-state index contributed by atoms with van der Waals surface area (Å²) in [5, 5.41) is 15.3. The fourth-order valence-corrected chi connectivity index (χ4v) is 7.13. The number of benzene rings is 1. The van der Waals surface area contributed by atoms with Crippen LogP contribution in [0, 0.1) is 17.8 Å². The summed E-state index contributed by atoms with van der Waals surface area (Å²) in [4.78, 5) is 109. The van der Waals surface area contributed by atoms with Gasteiger partial charge in [-0.25, -0.2) is 9.59 Å². The van der Waals surface area contributed by atoms with Gasteiger partial charge in [0.2, 0.25) is 35.4 Å². The molecule has 1 heterocycles. The highest BCUT2D eigenvalue weighted by atomic mass is 32.2. The van der Waals surface area contributed by atoms with Crippen LogP contribution in [-0.2, 0) is 44.9 Å². The zero-order valence-electron chi connectivity index (χ0n) is 42.2. The number of carbonyl (C=O) groups is 9. The Morgan fingerprint density at radius 2 is 1.51 bits per heavy atom. The van der Waals surface area contributed by atoms with Gasteiger partial charge in [-0.3, -0.25) is 33.7 Å². The second kappa shape index (κ2) is 37.8. The van der Waals surface area contributed by atoms with Gasteiger partial charge in [-0.05, 0) is 73.9 Å². The molecule has 0 aromatic heterocycles. The molecule has 1 saturated heterocycles. The average Bonchev–Trinajstić information content (AvgIpc) is 3.54. The summed E-state index contributed by atoms with van der Waals surface area (Å²) in [5.74, 6) is -0.344. The molecule has 0 bridgehead atoms. The van der Waals surface area contributed by atoms with Gasteiger partial charge in [0.05, 0.1) is 24.4 Å². The van der Waals surface area contributed by atoms with E-state index in [0.717, 1.165) is 18.6 Å². The number of amides is 9. The molecular weight excluding hydrogens is 883 g/mol. The third kappa shape index (κ3) is 29.9. The fraction of sp³-hybridized carbons (Fsp3) is 0.681. The molecule has 20 heteroatoms. The molecule has 382 valence electrons. The molecule has 1 aliphatic heterocycles. The number of rotatable bonds is 25. The maximum atomic E-state index is 12.9. The lowest BCUT2D eigenvalue weighted by molar-refractivity contribution is -0.138. The van der Waals surface area contributed by atoms with E-state index in [1.807, 2.05) is 20.8 Å². The van der Waals surface area contributed by atoms with Gasteiger partial charge in [-0.1, -0.05) is 87.3 Å². The molecular formula is C47H83N9O10S. The zero-order valence-corrected chi connectivity index (χ0v) is 43.0. The molecule has 3 atom stereocenters. The van der Waals surface area contributed by atoms with Crippen LogP contribution in [0.4, 0.5) is 15.3 Å². The maximum absolute atomic E-state index is 12.9. The number of aldehydes is 1. The van der Waals surface area contributed by atoms with Crippen LogP contribution in [0.15, 0.2) is 24.3 Å². The van der Waals surface area contributed by atoms with Gasteiger partial charge in [-0.2, -0.15) is 0 Å². The van der Waals surface area contributed by atoms with Crippen LogP contribution in [0.2, 0.25) is 0 Å². The van der Waals surface area contributed by atoms with Crippen molar-refractivity contribution in [1.29, 1.82) is 0 Å². The molecule has 0 radical (unpaired) electrons. The molecule has 9 amide bonds. The van der Waals surface area contributed by atoms with E-state index in [0.29, 0.717) is 62.4 Å². The number of ether oxygens (including phenoxy) is 1. The maximum Gasteiger partial charge on any atom is 0.410 e. The van der Waals surface area contributed by atoms with E-state index in [-0.39, 0.29) is 66.7 Å². The van der Waals surface area contributed by atoms with E-state index in [9.17, 15) is 43.2 Å². The zero-order chi connectivity index (χ0) is 51.5. The van der Waals surface area contributed by atoms with Gasteiger partial charge in [0.15, 0.2) is 0 Å². The lowest BCUT2D eigenvalue weighted by Crippen LogP contribution is -2.51. The number of nitrogens with one attached hydrogen (secondary N) is 6. The predicted octanol–water partition coefficient (Wildman–Crippen LogP) is 4.57. The van der Waals surface area contributed by atoms with Crippen LogP contribution in [0.5, 0.6) is 0 Å². The molecule has 19 nitrogen and oxygen atoms in total. The Morgan fingerprint density at radius 3 is 1.99 bits per heavy atom. The molecule has 1 aliphatic rings.